The maximum absolute atomic E-state index is 12.7. The van der Waals surface area contributed by atoms with Gasteiger partial charge in [-0.3, -0.25) is 4.79 Å². The van der Waals surface area contributed by atoms with Gasteiger partial charge in [0.15, 0.2) is 11.5 Å². The maximum Gasteiger partial charge on any atom is 0.344 e. The molecule has 0 saturated heterocycles. The van der Waals surface area contributed by atoms with E-state index in [0.29, 0.717) is 17.7 Å². The number of aliphatic hydroxyl groups excluding tert-OH is 1. The summed E-state index contributed by atoms with van der Waals surface area (Å²) in [5, 5.41) is 20.9. The SMILES string of the molecule is CCOC(=O)C1=C(O)/C(=C/c2cc(Cl)c(O)c(OCC)c2)SC1=NC(=O)c1ccc(C)cc1. The van der Waals surface area contributed by atoms with Crippen molar-refractivity contribution in [2.45, 2.75) is 20.8 Å². The third kappa shape index (κ3) is 5.58. The molecule has 9 heteroatoms. The lowest BCUT2D eigenvalue weighted by atomic mass is 10.1. The Morgan fingerprint density at radius 1 is 1.12 bits per heavy atom. The number of aryl methyl sites for hydroxylation is 1. The average Bonchev–Trinajstić information content (AvgIpc) is 3.07. The highest BCUT2D eigenvalue weighted by atomic mass is 35.5. The van der Waals surface area contributed by atoms with Crippen molar-refractivity contribution in [1.82, 2.24) is 0 Å². The average molecular weight is 488 g/mol. The summed E-state index contributed by atoms with van der Waals surface area (Å²) < 4.78 is 10.4. The number of rotatable bonds is 6. The standard InChI is InChI=1S/C24H22ClNO6S/c1-4-31-17-11-14(10-16(25)20(17)27)12-18-21(28)19(24(30)32-5-2)23(33-18)26-22(29)15-8-6-13(3)7-9-15/h6-12,27-28H,4-5H2,1-3H3/b18-12-,26-23?. The van der Waals surface area contributed by atoms with Gasteiger partial charge < -0.3 is 19.7 Å². The van der Waals surface area contributed by atoms with Crippen LogP contribution in [0.5, 0.6) is 11.5 Å². The molecule has 0 aromatic heterocycles. The number of benzene rings is 2. The van der Waals surface area contributed by atoms with Gasteiger partial charge in [0.2, 0.25) is 0 Å². The van der Waals surface area contributed by atoms with E-state index in [4.69, 9.17) is 21.1 Å². The fraction of sp³-hybridized carbons (Fsp3) is 0.208. The number of ether oxygens (including phenoxy) is 2. The van der Waals surface area contributed by atoms with Crippen molar-refractivity contribution in [2.24, 2.45) is 4.99 Å². The molecule has 33 heavy (non-hydrogen) atoms. The van der Waals surface area contributed by atoms with Crippen LogP contribution in [0.2, 0.25) is 5.02 Å². The third-order valence-electron chi connectivity index (χ3n) is 4.52. The number of aromatic hydroxyl groups is 1. The Kier molecular flexibility index (Phi) is 7.84. The molecule has 0 bridgehead atoms. The largest absolute Gasteiger partial charge is 0.506 e. The van der Waals surface area contributed by atoms with Crippen LogP contribution in [0.25, 0.3) is 6.08 Å². The molecular formula is C24H22ClNO6S. The summed E-state index contributed by atoms with van der Waals surface area (Å²) in [4.78, 5) is 29.5. The number of carbonyl (C=O) groups excluding carboxylic acids is 2. The molecule has 0 fully saturated rings. The summed E-state index contributed by atoms with van der Waals surface area (Å²) in [6.45, 7) is 5.70. The van der Waals surface area contributed by atoms with Crippen LogP contribution in [0.1, 0.15) is 35.3 Å². The molecule has 0 aliphatic carbocycles. The van der Waals surface area contributed by atoms with Gasteiger partial charge in [0.1, 0.15) is 16.4 Å². The predicted octanol–water partition coefficient (Wildman–Crippen LogP) is 5.45. The number of thioether (sulfide) groups is 1. The Bertz CT molecular complexity index is 1180. The van der Waals surface area contributed by atoms with Crippen LogP contribution in [0.3, 0.4) is 0 Å². The van der Waals surface area contributed by atoms with Crippen molar-refractivity contribution in [3.63, 3.8) is 0 Å². The highest BCUT2D eigenvalue weighted by Gasteiger charge is 2.34. The van der Waals surface area contributed by atoms with Gasteiger partial charge in [-0.1, -0.05) is 41.1 Å². The first-order valence-electron chi connectivity index (χ1n) is 10.1. The molecule has 0 atom stereocenters. The molecule has 1 aliphatic heterocycles. The Labute approximate surface area is 200 Å². The van der Waals surface area contributed by atoms with Crippen LogP contribution in [0.4, 0.5) is 0 Å². The number of carbonyl (C=O) groups is 2. The number of nitrogens with zero attached hydrogens (tertiary/aromatic N) is 1. The van der Waals surface area contributed by atoms with Gasteiger partial charge in [-0.05, 0) is 56.7 Å². The summed E-state index contributed by atoms with van der Waals surface area (Å²) in [5.74, 6) is -1.73. The highest BCUT2D eigenvalue weighted by molar-refractivity contribution is 8.18. The fourth-order valence-corrected chi connectivity index (χ4v) is 4.17. The molecule has 2 N–H and O–H groups in total. The summed E-state index contributed by atoms with van der Waals surface area (Å²) in [6.07, 6.45) is 1.55. The lowest BCUT2D eigenvalue weighted by molar-refractivity contribution is -0.138. The van der Waals surface area contributed by atoms with Crippen molar-refractivity contribution < 1.29 is 29.3 Å². The second-order valence-electron chi connectivity index (χ2n) is 6.93. The fourth-order valence-electron chi connectivity index (χ4n) is 2.94. The number of amides is 1. The van der Waals surface area contributed by atoms with Crippen molar-refractivity contribution >= 4 is 46.4 Å². The Balaban J connectivity index is 2.04. The number of hydrogen-bond acceptors (Lipinski definition) is 7. The zero-order valence-electron chi connectivity index (χ0n) is 18.2. The second-order valence-corrected chi connectivity index (χ2v) is 8.36. The third-order valence-corrected chi connectivity index (χ3v) is 5.83. The van der Waals surface area contributed by atoms with Gasteiger partial charge in [-0.15, -0.1) is 0 Å². The molecule has 7 nitrogen and oxygen atoms in total. The smallest absolute Gasteiger partial charge is 0.344 e. The van der Waals surface area contributed by atoms with Gasteiger partial charge in [-0.2, -0.15) is 0 Å². The summed E-state index contributed by atoms with van der Waals surface area (Å²) >= 11 is 7.04. The first-order valence-corrected chi connectivity index (χ1v) is 11.3. The van der Waals surface area contributed by atoms with Crippen LogP contribution < -0.4 is 4.74 Å². The zero-order chi connectivity index (χ0) is 24.1. The zero-order valence-corrected chi connectivity index (χ0v) is 19.8. The molecule has 0 saturated carbocycles. The summed E-state index contributed by atoms with van der Waals surface area (Å²) in [5.41, 5.74) is 1.65. The Hall–Kier alpha value is -3.23. The molecule has 3 rings (SSSR count). The molecule has 172 valence electrons. The molecule has 0 spiro atoms. The first-order chi connectivity index (χ1) is 15.7. The van der Waals surface area contributed by atoms with Crippen molar-refractivity contribution in [3.05, 3.63) is 74.3 Å². The molecule has 1 amide bonds. The summed E-state index contributed by atoms with van der Waals surface area (Å²) in [7, 11) is 0. The number of hydrogen-bond donors (Lipinski definition) is 2. The second kappa shape index (κ2) is 10.6. The number of aliphatic imine (C=N–C) groups is 1. The lowest BCUT2D eigenvalue weighted by Gasteiger charge is -2.09. The van der Waals surface area contributed by atoms with E-state index in [0.717, 1.165) is 17.3 Å². The predicted molar refractivity (Wildman–Crippen MR) is 129 cm³/mol. The molecule has 1 heterocycles. The monoisotopic (exact) mass is 487 g/mol. The van der Waals surface area contributed by atoms with Gasteiger partial charge in [-0.25, -0.2) is 9.79 Å². The molecule has 0 unspecified atom stereocenters. The van der Waals surface area contributed by atoms with E-state index in [-0.39, 0.29) is 44.4 Å². The number of esters is 1. The number of phenols is 1. The van der Waals surface area contributed by atoms with Crippen molar-refractivity contribution in [1.29, 1.82) is 0 Å². The molecular weight excluding hydrogens is 466 g/mol. The Morgan fingerprint density at radius 2 is 1.82 bits per heavy atom. The normalized spacial score (nSPS) is 15.9. The molecule has 2 aromatic rings. The van der Waals surface area contributed by atoms with Crippen LogP contribution in [-0.4, -0.2) is 40.3 Å². The molecule has 2 aromatic carbocycles. The van der Waals surface area contributed by atoms with E-state index in [1.165, 1.54) is 6.07 Å². The van der Waals surface area contributed by atoms with Gasteiger partial charge in [0.05, 0.1) is 23.1 Å². The van der Waals surface area contributed by atoms with Crippen molar-refractivity contribution in [3.8, 4) is 11.5 Å². The Morgan fingerprint density at radius 3 is 2.45 bits per heavy atom. The number of halogens is 1. The lowest BCUT2D eigenvalue weighted by Crippen LogP contribution is -2.14. The van der Waals surface area contributed by atoms with Crippen LogP contribution >= 0.6 is 23.4 Å². The minimum absolute atomic E-state index is 0.0256. The first kappa shape index (κ1) is 24.4. The quantitative estimate of drug-likeness (QED) is 0.521. The van der Waals surface area contributed by atoms with E-state index in [1.54, 1.807) is 50.3 Å². The van der Waals surface area contributed by atoms with Crippen LogP contribution in [-0.2, 0) is 9.53 Å². The van der Waals surface area contributed by atoms with Gasteiger partial charge in [0.25, 0.3) is 5.91 Å². The molecule has 1 aliphatic rings. The van der Waals surface area contributed by atoms with Gasteiger partial charge in [0, 0.05) is 5.56 Å². The van der Waals surface area contributed by atoms with Crippen molar-refractivity contribution in [2.75, 3.05) is 13.2 Å². The maximum atomic E-state index is 12.7. The topological polar surface area (TPSA) is 105 Å². The van der Waals surface area contributed by atoms with Gasteiger partial charge >= 0.3 is 5.97 Å². The van der Waals surface area contributed by atoms with E-state index < -0.39 is 11.9 Å². The van der Waals surface area contributed by atoms with E-state index >= 15 is 0 Å². The van der Waals surface area contributed by atoms with E-state index in [2.05, 4.69) is 4.99 Å². The van der Waals surface area contributed by atoms with Crippen LogP contribution in [0, 0.1) is 6.92 Å². The summed E-state index contributed by atoms with van der Waals surface area (Å²) in [6, 6.07) is 9.87. The van der Waals surface area contributed by atoms with Crippen LogP contribution in [0.15, 0.2) is 57.6 Å². The highest BCUT2D eigenvalue weighted by Crippen LogP contribution is 2.41. The van der Waals surface area contributed by atoms with E-state index in [1.807, 2.05) is 6.92 Å². The number of aliphatic hydroxyl groups is 1. The minimum Gasteiger partial charge on any atom is -0.506 e. The van der Waals surface area contributed by atoms with E-state index in [9.17, 15) is 19.8 Å². The number of phenolic OH excluding ortho intramolecular Hbond substituents is 1. The molecule has 0 radical (unpaired) electrons. The minimum atomic E-state index is -0.792.